The predicted molar refractivity (Wildman–Crippen MR) is 46.8 cm³/mol. The van der Waals surface area contributed by atoms with E-state index in [-0.39, 0.29) is 5.91 Å². The molecule has 0 rings (SSSR count). The molecular formula is C9H10N2O. The summed E-state index contributed by atoms with van der Waals surface area (Å²) in [6.07, 6.45) is 6.03. The molecule has 62 valence electrons. The molecule has 3 heteroatoms. The van der Waals surface area contributed by atoms with Crippen molar-refractivity contribution < 1.29 is 4.79 Å². The molecule has 1 amide bonds. The zero-order chi connectivity index (χ0) is 9.40. The second-order valence-corrected chi connectivity index (χ2v) is 2.00. The average Bonchev–Trinajstić information content (AvgIpc) is 2.04. The minimum absolute atomic E-state index is 0.142. The molecule has 0 unspecified atom stereocenters. The molecule has 0 aliphatic rings. The molecule has 0 aliphatic carbocycles. The van der Waals surface area contributed by atoms with Crippen LogP contribution < -0.4 is 5.32 Å². The van der Waals surface area contributed by atoms with E-state index in [1.807, 2.05) is 6.07 Å². The van der Waals surface area contributed by atoms with E-state index in [1.54, 1.807) is 12.2 Å². The fourth-order valence-corrected chi connectivity index (χ4v) is 0.468. The summed E-state index contributed by atoms with van der Waals surface area (Å²) < 4.78 is 0. The number of carbonyl (C=O) groups is 1. The fourth-order valence-electron chi connectivity index (χ4n) is 0.468. The molecule has 0 radical (unpaired) electrons. The molecule has 3 nitrogen and oxygen atoms in total. The van der Waals surface area contributed by atoms with Crippen LogP contribution in [0.25, 0.3) is 0 Å². The van der Waals surface area contributed by atoms with Crippen LogP contribution in [-0.4, -0.2) is 5.91 Å². The minimum atomic E-state index is -0.142. The van der Waals surface area contributed by atoms with Gasteiger partial charge in [-0.1, -0.05) is 12.7 Å². The van der Waals surface area contributed by atoms with Crippen molar-refractivity contribution in [2.75, 3.05) is 0 Å². The van der Waals surface area contributed by atoms with E-state index < -0.39 is 0 Å². The molecule has 0 aromatic heterocycles. The molecular weight excluding hydrogens is 152 g/mol. The zero-order valence-electron chi connectivity index (χ0n) is 6.87. The maximum Gasteiger partial charge on any atom is 0.220 e. The number of hydrogen-bond donors (Lipinski definition) is 1. The van der Waals surface area contributed by atoms with Gasteiger partial charge in [-0.25, -0.2) is 0 Å². The van der Waals surface area contributed by atoms with Crippen molar-refractivity contribution in [2.45, 2.75) is 6.92 Å². The first-order chi connectivity index (χ1) is 5.70. The third-order valence-corrected chi connectivity index (χ3v) is 1.01. The van der Waals surface area contributed by atoms with Gasteiger partial charge in [0.05, 0.1) is 11.6 Å². The summed E-state index contributed by atoms with van der Waals surface area (Å²) in [4.78, 5) is 10.4. The smallest absolute Gasteiger partial charge is 0.220 e. The molecule has 0 aliphatic heterocycles. The topological polar surface area (TPSA) is 52.9 Å². The first kappa shape index (κ1) is 10.2. The summed E-state index contributed by atoms with van der Waals surface area (Å²) in [6, 6.07) is 1.92. The average molecular weight is 162 g/mol. The third-order valence-electron chi connectivity index (χ3n) is 1.01. The molecule has 0 heterocycles. The zero-order valence-corrected chi connectivity index (χ0v) is 6.87. The lowest BCUT2D eigenvalue weighted by Crippen LogP contribution is -2.10. The molecule has 0 saturated heterocycles. The van der Waals surface area contributed by atoms with Crippen LogP contribution in [0.5, 0.6) is 0 Å². The molecule has 0 spiro atoms. The maximum atomic E-state index is 10.4. The van der Waals surface area contributed by atoms with E-state index in [0.717, 1.165) is 0 Å². The Kier molecular flexibility index (Phi) is 5.03. The van der Waals surface area contributed by atoms with Gasteiger partial charge in [-0.2, -0.15) is 5.26 Å². The summed E-state index contributed by atoms with van der Waals surface area (Å²) in [6.45, 7) is 4.84. The van der Waals surface area contributed by atoms with Crippen LogP contribution in [0.2, 0.25) is 0 Å². The summed E-state index contributed by atoms with van der Waals surface area (Å²) in [5.41, 5.74) is 0.455. The quantitative estimate of drug-likeness (QED) is 0.502. The standard InChI is InChI=1S/C9H10N2O/c1-3-9(7-10)5-4-6-11-8(2)12/h3-6H,1H2,2H3,(H,11,12)/b6-4+,9-5+. The number of nitriles is 1. The highest BCUT2D eigenvalue weighted by molar-refractivity contribution is 5.73. The number of carbonyl (C=O) groups excluding carboxylic acids is 1. The van der Waals surface area contributed by atoms with Crippen molar-refractivity contribution in [1.29, 1.82) is 5.26 Å². The highest BCUT2D eigenvalue weighted by atomic mass is 16.1. The normalized spacial score (nSPS) is 10.8. The van der Waals surface area contributed by atoms with Gasteiger partial charge in [-0.05, 0) is 12.2 Å². The van der Waals surface area contributed by atoms with E-state index in [2.05, 4.69) is 11.9 Å². The number of allylic oxidation sites excluding steroid dienone is 4. The van der Waals surface area contributed by atoms with Gasteiger partial charge in [0.25, 0.3) is 0 Å². The Bertz CT molecular complexity index is 269. The summed E-state index contributed by atoms with van der Waals surface area (Å²) in [5.74, 6) is -0.142. The highest BCUT2D eigenvalue weighted by Crippen LogP contribution is 1.91. The van der Waals surface area contributed by atoms with Crippen LogP contribution in [0.4, 0.5) is 0 Å². The predicted octanol–water partition coefficient (Wildman–Crippen LogP) is 1.27. The van der Waals surface area contributed by atoms with Crippen LogP contribution in [0.1, 0.15) is 6.92 Å². The van der Waals surface area contributed by atoms with Gasteiger partial charge in [0, 0.05) is 13.1 Å². The van der Waals surface area contributed by atoms with Gasteiger partial charge in [0.1, 0.15) is 0 Å². The largest absolute Gasteiger partial charge is 0.333 e. The first-order valence-electron chi connectivity index (χ1n) is 3.37. The van der Waals surface area contributed by atoms with Crippen LogP contribution in [0.3, 0.4) is 0 Å². The van der Waals surface area contributed by atoms with Gasteiger partial charge in [0.2, 0.25) is 5.91 Å². The van der Waals surface area contributed by atoms with E-state index >= 15 is 0 Å². The summed E-state index contributed by atoms with van der Waals surface area (Å²) >= 11 is 0. The van der Waals surface area contributed by atoms with E-state index in [9.17, 15) is 4.79 Å². The number of nitrogens with zero attached hydrogens (tertiary/aromatic N) is 1. The van der Waals surface area contributed by atoms with Crippen LogP contribution in [0.15, 0.2) is 36.6 Å². The number of rotatable bonds is 3. The molecule has 0 aromatic rings. The van der Waals surface area contributed by atoms with E-state index in [4.69, 9.17) is 5.26 Å². The van der Waals surface area contributed by atoms with Gasteiger partial charge >= 0.3 is 0 Å². The van der Waals surface area contributed by atoms with Gasteiger partial charge in [-0.3, -0.25) is 4.79 Å². The fraction of sp³-hybridized carbons (Fsp3) is 0.111. The van der Waals surface area contributed by atoms with Gasteiger partial charge in [0.15, 0.2) is 0 Å². The van der Waals surface area contributed by atoms with Crippen molar-refractivity contribution in [3.05, 3.63) is 36.6 Å². The van der Waals surface area contributed by atoms with Crippen molar-refractivity contribution in [1.82, 2.24) is 5.32 Å². The molecule has 0 atom stereocenters. The second-order valence-electron chi connectivity index (χ2n) is 2.00. The lowest BCUT2D eigenvalue weighted by atomic mass is 10.3. The van der Waals surface area contributed by atoms with E-state index in [0.29, 0.717) is 5.57 Å². The Hall–Kier alpha value is -1.82. The number of nitrogens with one attached hydrogen (secondary N) is 1. The summed E-state index contributed by atoms with van der Waals surface area (Å²) in [7, 11) is 0. The number of amides is 1. The second kappa shape index (κ2) is 5.93. The van der Waals surface area contributed by atoms with Crippen LogP contribution >= 0.6 is 0 Å². The monoisotopic (exact) mass is 162 g/mol. The van der Waals surface area contributed by atoms with Crippen molar-refractivity contribution >= 4 is 5.91 Å². The van der Waals surface area contributed by atoms with Crippen LogP contribution in [-0.2, 0) is 4.79 Å². The number of hydrogen-bond acceptors (Lipinski definition) is 2. The lowest BCUT2D eigenvalue weighted by Gasteiger charge is -1.87. The summed E-state index contributed by atoms with van der Waals surface area (Å²) in [5, 5.41) is 10.9. The molecule has 0 bridgehead atoms. The Balaban J connectivity index is 4.03. The Labute approximate surface area is 71.7 Å². The Morgan fingerprint density at radius 3 is 2.75 bits per heavy atom. The molecule has 12 heavy (non-hydrogen) atoms. The molecule has 1 N–H and O–H groups in total. The minimum Gasteiger partial charge on any atom is -0.333 e. The Morgan fingerprint density at radius 2 is 2.33 bits per heavy atom. The van der Waals surface area contributed by atoms with Gasteiger partial charge in [-0.15, -0.1) is 0 Å². The highest BCUT2D eigenvalue weighted by Gasteiger charge is 1.83. The van der Waals surface area contributed by atoms with E-state index in [1.165, 1.54) is 19.2 Å². The van der Waals surface area contributed by atoms with Crippen molar-refractivity contribution in [3.8, 4) is 6.07 Å². The first-order valence-corrected chi connectivity index (χ1v) is 3.37. The SMILES string of the molecule is C=C/C(C#N)=C\C=C\NC(C)=O. The molecule has 0 aromatic carbocycles. The van der Waals surface area contributed by atoms with Crippen LogP contribution in [0, 0.1) is 11.3 Å². The van der Waals surface area contributed by atoms with Gasteiger partial charge < -0.3 is 5.32 Å². The maximum absolute atomic E-state index is 10.4. The third kappa shape index (κ3) is 5.00. The lowest BCUT2D eigenvalue weighted by molar-refractivity contribution is -0.118. The molecule has 0 saturated carbocycles. The van der Waals surface area contributed by atoms with Crippen molar-refractivity contribution in [2.24, 2.45) is 0 Å². The molecule has 0 fully saturated rings. The Morgan fingerprint density at radius 1 is 1.67 bits per heavy atom. The van der Waals surface area contributed by atoms with Crippen molar-refractivity contribution in [3.63, 3.8) is 0 Å².